The second-order valence-corrected chi connectivity index (χ2v) is 10.2. The van der Waals surface area contributed by atoms with Gasteiger partial charge in [0, 0.05) is 52.5 Å². The molecule has 1 saturated carbocycles. The molecule has 2 aromatic rings. The Morgan fingerprint density at radius 1 is 0.722 bits per heavy atom. The molecule has 7 heteroatoms. The SMILES string of the molecule is N[C@@H]1CC(NCCCCCCCCNC(=O)c2ccc3c(c2)C(=O)c2ccccc2C3=O)C[C@H](N)C1. The number of unbranched alkanes of at least 4 members (excludes halogenated alkanes) is 5. The summed E-state index contributed by atoms with van der Waals surface area (Å²) in [5, 5.41) is 6.54. The Morgan fingerprint density at radius 3 is 1.94 bits per heavy atom. The first-order valence-electron chi connectivity index (χ1n) is 13.3. The third-order valence-corrected chi connectivity index (χ3v) is 7.29. The summed E-state index contributed by atoms with van der Waals surface area (Å²) < 4.78 is 0. The van der Waals surface area contributed by atoms with Crippen molar-refractivity contribution in [1.82, 2.24) is 10.6 Å². The molecule has 0 aliphatic heterocycles. The average Bonchev–Trinajstić information content (AvgIpc) is 2.87. The molecule has 0 aromatic heterocycles. The van der Waals surface area contributed by atoms with Crippen LogP contribution in [0.5, 0.6) is 0 Å². The molecule has 4 rings (SSSR count). The van der Waals surface area contributed by atoms with Crippen LogP contribution in [0.25, 0.3) is 0 Å². The predicted octanol–water partition coefficient (Wildman–Crippen LogP) is 3.33. The fourth-order valence-corrected chi connectivity index (χ4v) is 5.38. The van der Waals surface area contributed by atoms with Crippen LogP contribution in [0.3, 0.4) is 0 Å². The van der Waals surface area contributed by atoms with Crippen LogP contribution in [-0.2, 0) is 0 Å². The second kappa shape index (κ2) is 12.4. The van der Waals surface area contributed by atoms with Crippen molar-refractivity contribution in [3.63, 3.8) is 0 Å². The number of amides is 1. The highest BCUT2D eigenvalue weighted by Gasteiger charge is 2.30. The van der Waals surface area contributed by atoms with E-state index in [0.717, 1.165) is 51.5 Å². The molecule has 0 radical (unpaired) electrons. The van der Waals surface area contributed by atoms with Gasteiger partial charge in [0.2, 0.25) is 0 Å². The Morgan fingerprint density at radius 2 is 1.28 bits per heavy atom. The zero-order valence-electron chi connectivity index (χ0n) is 20.9. The molecule has 36 heavy (non-hydrogen) atoms. The van der Waals surface area contributed by atoms with Crippen molar-refractivity contribution in [1.29, 1.82) is 0 Å². The minimum absolute atomic E-state index is 0.176. The molecule has 1 amide bonds. The third kappa shape index (κ3) is 6.46. The fraction of sp³-hybridized carbons (Fsp3) is 0.483. The van der Waals surface area contributed by atoms with Gasteiger partial charge in [-0.1, -0.05) is 49.9 Å². The summed E-state index contributed by atoms with van der Waals surface area (Å²) in [7, 11) is 0. The van der Waals surface area contributed by atoms with E-state index in [4.69, 9.17) is 11.5 Å². The highest BCUT2D eigenvalue weighted by atomic mass is 16.2. The minimum atomic E-state index is -0.217. The van der Waals surface area contributed by atoms with Crippen LogP contribution in [-0.4, -0.2) is 48.7 Å². The smallest absolute Gasteiger partial charge is 0.251 e. The van der Waals surface area contributed by atoms with Crippen molar-refractivity contribution in [2.24, 2.45) is 11.5 Å². The number of carbonyl (C=O) groups is 3. The molecule has 0 bridgehead atoms. The van der Waals surface area contributed by atoms with Gasteiger partial charge in [-0.15, -0.1) is 0 Å². The first-order valence-corrected chi connectivity index (χ1v) is 13.3. The summed E-state index contributed by atoms with van der Waals surface area (Å²) in [6.07, 6.45) is 9.62. The lowest BCUT2D eigenvalue weighted by Crippen LogP contribution is -2.47. The van der Waals surface area contributed by atoms with Gasteiger partial charge in [0.1, 0.15) is 0 Å². The van der Waals surface area contributed by atoms with Crippen molar-refractivity contribution in [3.05, 3.63) is 70.3 Å². The number of benzene rings is 2. The Kier molecular flexibility index (Phi) is 9.02. The molecule has 1 unspecified atom stereocenters. The number of ketones is 2. The molecule has 0 heterocycles. The molecule has 1 fully saturated rings. The van der Waals surface area contributed by atoms with Crippen molar-refractivity contribution in [2.45, 2.75) is 75.9 Å². The molecular weight excluding hydrogens is 452 g/mol. The van der Waals surface area contributed by atoms with Gasteiger partial charge in [-0.25, -0.2) is 0 Å². The number of carbonyl (C=O) groups excluding carboxylic acids is 3. The first kappa shape index (κ1) is 26.2. The highest BCUT2D eigenvalue weighted by molar-refractivity contribution is 6.28. The molecule has 3 atom stereocenters. The molecule has 6 N–H and O–H groups in total. The normalized spacial score (nSPS) is 21.1. The summed E-state index contributed by atoms with van der Waals surface area (Å²) in [4.78, 5) is 38.2. The summed E-state index contributed by atoms with van der Waals surface area (Å²) in [5.74, 6) is -0.605. The van der Waals surface area contributed by atoms with Crippen LogP contribution in [0.1, 0.15) is 100.0 Å². The quantitative estimate of drug-likeness (QED) is 0.305. The molecule has 2 aliphatic carbocycles. The summed E-state index contributed by atoms with van der Waals surface area (Å²) >= 11 is 0. The Hall–Kier alpha value is -2.87. The Bertz CT molecular complexity index is 1090. The van der Waals surface area contributed by atoms with Crippen LogP contribution in [0.2, 0.25) is 0 Å². The van der Waals surface area contributed by atoms with Gasteiger partial charge in [-0.2, -0.15) is 0 Å². The monoisotopic (exact) mass is 490 g/mol. The molecule has 0 saturated heterocycles. The summed E-state index contributed by atoms with van der Waals surface area (Å²) in [6.45, 7) is 1.61. The van der Waals surface area contributed by atoms with Crippen molar-refractivity contribution >= 4 is 17.5 Å². The largest absolute Gasteiger partial charge is 0.352 e. The standard InChI is InChI=1S/C29H38N4O3/c30-20-16-21(31)18-22(17-20)32-13-7-3-1-2-4-8-14-33-29(36)19-11-12-25-26(15-19)28(35)24-10-6-5-9-23(24)27(25)34/h5-6,9-12,15,20-22,32H,1-4,7-8,13-14,16-18,30-31H2,(H,33,36)/t20-,21+,22?. The Labute approximate surface area is 213 Å². The Balaban J connectivity index is 1.11. The number of nitrogens with one attached hydrogen (secondary N) is 2. The second-order valence-electron chi connectivity index (χ2n) is 10.2. The number of rotatable bonds is 11. The van der Waals surface area contributed by atoms with E-state index in [9.17, 15) is 14.4 Å². The number of nitrogens with two attached hydrogens (primary N) is 2. The van der Waals surface area contributed by atoms with Gasteiger partial charge in [0.15, 0.2) is 11.6 Å². The van der Waals surface area contributed by atoms with E-state index in [2.05, 4.69) is 10.6 Å². The fourth-order valence-electron chi connectivity index (χ4n) is 5.38. The van der Waals surface area contributed by atoms with Gasteiger partial charge < -0.3 is 22.1 Å². The number of hydrogen-bond acceptors (Lipinski definition) is 6. The molecule has 2 aromatic carbocycles. The molecule has 2 aliphatic rings. The van der Waals surface area contributed by atoms with Crippen LogP contribution >= 0.6 is 0 Å². The lowest BCUT2D eigenvalue weighted by Gasteiger charge is -2.31. The minimum Gasteiger partial charge on any atom is -0.352 e. The summed E-state index contributed by atoms with van der Waals surface area (Å²) in [5.41, 5.74) is 14.0. The van der Waals surface area contributed by atoms with Gasteiger partial charge in [-0.3, -0.25) is 14.4 Å². The van der Waals surface area contributed by atoms with Gasteiger partial charge in [0.05, 0.1) is 0 Å². The van der Waals surface area contributed by atoms with Crippen LogP contribution < -0.4 is 22.1 Å². The van der Waals surface area contributed by atoms with Crippen LogP contribution in [0, 0.1) is 0 Å². The molecular formula is C29H38N4O3. The highest BCUT2D eigenvalue weighted by Crippen LogP contribution is 2.28. The third-order valence-electron chi connectivity index (χ3n) is 7.29. The lowest BCUT2D eigenvalue weighted by molar-refractivity contribution is 0.0950. The maximum atomic E-state index is 12.9. The van der Waals surface area contributed by atoms with E-state index < -0.39 is 0 Å². The van der Waals surface area contributed by atoms with E-state index in [0.29, 0.717) is 40.4 Å². The number of hydrogen-bond donors (Lipinski definition) is 4. The van der Waals surface area contributed by atoms with E-state index in [1.165, 1.54) is 12.8 Å². The number of fused-ring (bicyclic) bond motifs is 2. The van der Waals surface area contributed by atoms with Crippen LogP contribution in [0.4, 0.5) is 0 Å². The van der Waals surface area contributed by atoms with Crippen LogP contribution in [0.15, 0.2) is 42.5 Å². The maximum Gasteiger partial charge on any atom is 0.251 e. The zero-order valence-corrected chi connectivity index (χ0v) is 20.9. The molecule has 192 valence electrons. The van der Waals surface area contributed by atoms with E-state index in [1.54, 1.807) is 42.5 Å². The topological polar surface area (TPSA) is 127 Å². The van der Waals surface area contributed by atoms with Crippen molar-refractivity contribution < 1.29 is 14.4 Å². The van der Waals surface area contributed by atoms with E-state index in [-0.39, 0.29) is 29.6 Å². The van der Waals surface area contributed by atoms with E-state index in [1.807, 2.05) is 0 Å². The van der Waals surface area contributed by atoms with Gasteiger partial charge in [-0.05, 0) is 56.8 Å². The molecule has 0 spiro atoms. The van der Waals surface area contributed by atoms with Gasteiger partial charge >= 0.3 is 0 Å². The maximum absolute atomic E-state index is 12.9. The van der Waals surface area contributed by atoms with Crippen molar-refractivity contribution in [2.75, 3.05) is 13.1 Å². The first-order chi connectivity index (χ1) is 17.4. The zero-order chi connectivity index (χ0) is 25.5. The average molecular weight is 491 g/mol. The predicted molar refractivity (Wildman–Crippen MR) is 141 cm³/mol. The molecule has 7 nitrogen and oxygen atoms in total. The van der Waals surface area contributed by atoms with E-state index >= 15 is 0 Å². The lowest BCUT2D eigenvalue weighted by atomic mass is 9.83. The summed E-state index contributed by atoms with van der Waals surface area (Å²) in [6, 6.07) is 12.5. The van der Waals surface area contributed by atoms with Gasteiger partial charge in [0.25, 0.3) is 5.91 Å². The van der Waals surface area contributed by atoms with Crippen molar-refractivity contribution in [3.8, 4) is 0 Å².